The lowest BCUT2D eigenvalue weighted by atomic mass is 9.92. The van der Waals surface area contributed by atoms with E-state index in [1.807, 2.05) is 16.9 Å². The van der Waals surface area contributed by atoms with Crippen molar-refractivity contribution in [2.75, 3.05) is 6.54 Å². The van der Waals surface area contributed by atoms with Gasteiger partial charge < -0.3 is 0 Å². The number of nitriles is 1. The third-order valence-electron chi connectivity index (χ3n) is 3.43. The molecular weight excluding hydrogens is 224 g/mol. The summed E-state index contributed by atoms with van der Waals surface area (Å²) in [7, 11) is 0. The standard InChI is InChI=1S/C14H24N4/c1-4-9-16-14(5-2,12-15)8-6-11-18-13(3)7-10-17-18/h7,10,16H,4-6,8-9,11H2,1-3H3. The van der Waals surface area contributed by atoms with E-state index in [1.165, 1.54) is 5.69 Å². The van der Waals surface area contributed by atoms with Crippen molar-refractivity contribution in [3.8, 4) is 6.07 Å². The Bertz CT molecular complexity index is 391. The first-order chi connectivity index (χ1) is 8.67. The van der Waals surface area contributed by atoms with Crippen LogP contribution in [-0.4, -0.2) is 21.9 Å². The maximum Gasteiger partial charge on any atom is 0.106 e. The van der Waals surface area contributed by atoms with Gasteiger partial charge in [0.05, 0.1) is 6.07 Å². The highest BCUT2D eigenvalue weighted by atomic mass is 15.3. The molecule has 1 aromatic heterocycles. The maximum atomic E-state index is 9.38. The normalized spacial score (nSPS) is 14.1. The van der Waals surface area contributed by atoms with E-state index < -0.39 is 0 Å². The number of hydrogen-bond acceptors (Lipinski definition) is 3. The Morgan fingerprint density at radius 2 is 2.28 bits per heavy atom. The molecule has 0 spiro atoms. The van der Waals surface area contributed by atoms with Gasteiger partial charge in [0.25, 0.3) is 0 Å². The third kappa shape index (κ3) is 3.85. The molecule has 0 fully saturated rings. The second kappa shape index (κ2) is 7.17. The number of hydrogen-bond donors (Lipinski definition) is 1. The van der Waals surface area contributed by atoms with Crippen molar-refractivity contribution in [1.29, 1.82) is 5.26 Å². The predicted molar refractivity (Wildman–Crippen MR) is 73.1 cm³/mol. The molecule has 0 aliphatic heterocycles. The predicted octanol–water partition coefficient (Wildman–Crippen LogP) is 2.64. The molecule has 0 amide bonds. The van der Waals surface area contributed by atoms with Gasteiger partial charge in [0.2, 0.25) is 0 Å². The number of aromatic nitrogens is 2. The lowest BCUT2D eigenvalue weighted by Gasteiger charge is -2.26. The highest BCUT2D eigenvalue weighted by Crippen LogP contribution is 2.17. The van der Waals surface area contributed by atoms with Crippen molar-refractivity contribution >= 4 is 0 Å². The van der Waals surface area contributed by atoms with Crippen LogP contribution in [0.15, 0.2) is 12.3 Å². The number of aryl methyl sites for hydroxylation is 2. The van der Waals surface area contributed by atoms with Gasteiger partial charge in [-0.15, -0.1) is 0 Å². The molecule has 0 saturated carbocycles. The largest absolute Gasteiger partial charge is 0.299 e. The molecule has 1 atom stereocenters. The molecule has 0 radical (unpaired) electrons. The fourth-order valence-electron chi connectivity index (χ4n) is 2.09. The summed E-state index contributed by atoms with van der Waals surface area (Å²) in [6.07, 6.45) is 5.57. The van der Waals surface area contributed by atoms with Crippen LogP contribution in [0.3, 0.4) is 0 Å². The fraction of sp³-hybridized carbons (Fsp3) is 0.714. The van der Waals surface area contributed by atoms with Crippen LogP contribution >= 0.6 is 0 Å². The Labute approximate surface area is 110 Å². The van der Waals surface area contributed by atoms with Crippen LogP contribution < -0.4 is 5.32 Å². The van der Waals surface area contributed by atoms with Crippen LogP contribution in [0.25, 0.3) is 0 Å². The summed E-state index contributed by atoms with van der Waals surface area (Å²) < 4.78 is 2.00. The smallest absolute Gasteiger partial charge is 0.106 e. The maximum absolute atomic E-state index is 9.38. The molecule has 0 aliphatic carbocycles. The lowest BCUT2D eigenvalue weighted by Crippen LogP contribution is -2.43. The van der Waals surface area contributed by atoms with Crippen LogP contribution in [-0.2, 0) is 6.54 Å². The van der Waals surface area contributed by atoms with Gasteiger partial charge in [0, 0.05) is 18.4 Å². The van der Waals surface area contributed by atoms with Crippen LogP contribution in [0.5, 0.6) is 0 Å². The molecule has 4 heteroatoms. The highest BCUT2D eigenvalue weighted by Gasteiger charge is 2.26. The molecule has 0 bridgehead atoms. The molecule has 4 nitrogen and oxygen atoms in total. The van der Waals surface area contributed by atoms with E-state index in [0.29, 0.717) is 0 Å². The van der Waals surface area contributed by atoms with Crippen molar-refractivity contribution in [3.63, 3.8) is 0 Å². The van der Waals surface area contributed by atoms with Gasteiger partial charge in [-0.05, 0) is 45.2 Å². The van der Waals surface area contributed by atoms with Crippen LogP contribution in [0.4, 0.5) is 0 Å². The van der Waals surface area contributed by atoms with Crippen molar-refractivity contribution in [2.45, 2.75) is 58.5 Å². The molecule has 1 N–H and O–H groups in total. The van der Waals surface area contributed by atoms with E-state index >= 15 is 0 Å². The Morgan fingerprint density at radius 3 is 2.78 bits per heavy atom. The van der Waals surface area contributed by atoms with E-state index in [-0.39, 0.29) is 5.54 Å². The second-order valence-electron chi connectivity index (χ2n) is 4.77. The Balaban J connectivity index is 2.48. The quantitative estimate of drug-likeness (QED) is 0.769. The zero-order valence-electron chi connectivity index (χ0n) is 11.7. The SMILES string of the molecule is CCCNC(C#N)(CC)CCCn1nccc1C. The van der Waals surface area contributed by atoms with E-state index in [4.69, 9.17) is 0 Å². The summed E-state index contributed by atoms with van der Waals surface area (Å²) in [5.74, 6) is 0. The molecule has 100 valence electrons. The topological polar surface area (TPSA) is 53.6 Å². The van der Waals surface area contributed by atoms with Crippen molar-refractivity contribution in [2.24, 2.45) is 0 Å². The van der Waals surface area contributed by atoms with Crippen molar-refractivity contribution in [1.82, 2.24) is 15.1 Å². The van der Waals surface area contributed by atoms with E-state index in [9.17, 15) is 5.26 Å². The molecule has 0 saturated heterocycles. The Hall–Kier alpha value is -1.34. The number of nitrogens with one attached hydrogen (secondary N) is 1. The van der Waals surface area contributed by atoms with Gasteiger partial charge >= 0.3 is 0 Å². The first kappa shape index (κ1) is 14.7. The summed E-state index contributed by atoms with van der Waals surface area (Å²) in [5, 5.41) is 17.0. The Kier molecular flexibility index (Phi) is 5.87. The molecule has 1 heterocycles. The van der Waals surface area contributed by atoms with E-state index in [2.05, 4.69) is 37.3 Å². The molecule has 1 rings (SSSR count). The number of nitrogens with zero attached hydrogens (tertiary/aromatic N) is 3. The zero-order valence-corrected chi connectivity index (χ0v) is 11.7. The molecule has 0 aliphatic rings. The van der Waals surface area contributed by atoms with Gasteiger partial charge in [-0.1, -0.05) is 13.8 Å². The van der Waals surface area contributed by atoms with E-state index in [1.54, 1.807) is 0 Å². The monoisotopic (exact) mass is 248 g/mol. The molecule has 0 aromatic carbocycles. The Morgan fingerprint density at radius 1 is 1.50 bits per heavy atom. The van der Waals surface area contributed by atoms with Gasteiger partial charge in [0.15, 0.2) is 0 Å². The minimum Gasteiger partial charge on any atom is -0.299 e. The zero-order chi connectivity index (χ0) is 13.4. The third-order valence-corrected chi connectivity index (χ3v) is 3.43. The van der Waals surface area contributed by atoms with Gasteiger partial charge in [-0.2, -0.15) is 10.4 Å². The van der Waals surface area contributed by atoms with Crippen molar-refractivity contribution in [3.05, 3.63) is 18.0 Å². The average molecular weight is 248 g/mol. The molecule has 18 heavy (non-hydrogen) atoms. The van der Waals surface area contributed by atoms with Gasteiger partial charge in [-0.3, -0.25) is 10.00 Å². The minimum atomic E-state index is -0.364. The first-order valence-corrected chi connectivity index (χ1v) is 6.82. The van der Waals surface area contributed by atoms with Crippen LogP contribution in [0.1, 0.15) is 45.2 Å². The summed E-state index contributed by atoms with van der Waals surface area (Å²) in [6, 6.07) is 4.46. The van der Waals surface area contributed by atoms with Gasteiger partial charge in [-0.25, -0.2) is 0 Å². The summed E-state index contributed by atoms with van der Waals surface area (Å²) >= 11 is 0. The first-order valence-electron chi connectivity index (χ1n) is 6.82. The van der Waals surface area contributed by atoms with Crippen LogP contribution in [0, 0.1) is 18.3 Å². The summed E-state index contributed by atoms with van der Waals surface area (Å²) in [5.41, 5.74) is 0.812. The summed E-state index contributed by atoms with van der Waals surface area (Å²) in [6.45, 7) is 8.04. The fourth-order valence-corrected chi connectivity index (χ4v) is 2.09. The van der Waals surface area contributed by atoms with E-state index in [0.717, 1.165) is 38.8 Å². The average Bonchev–Trinajstić information content (AvgIpc) is 2.80. The lowest BCUT2D eigenvalue weighted by molar-refractivity contribution is 0.351. The molecular formula is C14H24N4. The molecule has 1 unspecified atom stereocenters. The minimum absolute atomic E-state index is 0.364. The second-order valence-corrected chi connectivity index (χ2v) is 4.77. The van der Waals surface area contributed by atoms with Crippen LogP contribution in [0.2, 0.25) is 0 Å². The molecule has 1 aromatic rings. The summed E-state index contributed by atoms with van der Waals surface area (Å²) in [4.78, 5) is 0. The number of rotatable bonds is 8. The highest BCUT2D eigenvalue weighted by molar-refractivity contribution is 5.06. The van der Waals surface area contributed by atoms with Crippen molar-refractivity contribution < 1.29 is 0 Å². The van der Waals surface area contributed by atoms with Gasteiger partial charge in [0.1, 0.15) is 5.54 Å².